The molecule has 0 aliphatic heterocycles. The van der Waals surface area contributed by atoms with Gasteiger partial charge in [0.2, 0.25) is 0 Å². The van der Waals surface area contributed by atoms with Crippen LogP contribution in [0.25, 0.3) is 0 Å². The van der Waals surface area contributed by atoms with Gasteiger partial charge >= 0.3 is 12.0 Å². The van der Waals surface area contributed by atoms with Gasteiger partial charge in [-0.2, -0.15) is 0 Å². The molecule has 1 atom stereocenters. The minimum Gasteiger partial charge on any atom is -0.480 e. The number of carboxylic acid groups (broad SMARTS) is 1. The van der Waals surface area contributed by atoms with Crippen molar-refractivity contribution in [2.75, 3.05) is 13.1 Å². The van der Waals surface area contributed by atoms with Gasteiger partial charge in [0.1, 0.15) is 6.54 Å². The smallest absolute Gasteiger partial charge is 0.323 e. The standard InChI is InChI=1S/C12H24N2O3/c1-6-10(5)13(7-2)12(17)14(9(3)4)8-11(15)16/h9-10H,6-8H2,1-5H3,(H,15,16). The summed E-state index contributed by atoms with van der Waals surface area (Å²) in [7, 11) is 0. The second-order valence-corrected chi connectivity index (χ2v) is 4.44. The van der Waals surface area contributed by atoms with Gasteiger partial charge in [0.25, 0.3) is 0 Å². The molecule has 0 fully saturated rings. The van der Waals surface area contributed by atoms with Crippen LogP contribution in [0.15, 0.2) is 0 Å². The van der Waals surface area contributed by atoms with Crippen LogP contribution in [-0.4, -0.2) is 52.1 Å². The molecule has 0 aliphatic rings. The highest BCUT2D eigenvalue weighted by Crippen LogP contribution is 2.10. The van der Waals surface area contributed by atoms with Crippen molar-refractivity contribution in [1.82, 2.24) is 9.80 Å². The summed E-state index contributed by atoms with van der Waals surface area (Å²) in [5, 5.41) is 8.82. The van der Waals surface area contributed by atoms with Crippen LogP contribution >= 0.6 is 0 Å². The second-order valence-electron chi connectivity index (χ2n) is 4.44. The molecule has 0 heterocycles. The van der Waals surface area contributed by atoms with Crippen molar-refractivity contribution < 1.29 is 14.7 Å². The highest BCUT2D eigenvalue weighted by molar-refractivity contribution is 5.80. The number of rotatable bonds is 6. The fourth-order valence-corrected chi connectivity index (χ4v) is 1.64. The van der Waals surface area contributed by atoms with E-state index in [4.69, 9.17) is 5.11 Å². The van der Waals surface area contributed by atoms with Crippen molar-refractivity contribution >= 4 is 12.0 Å². The fourth-order valence-electron chi connectivity index (χ4n) is 1.64. The summed E-state index contributed by atoms with van der Waals surface area (Å²) in [4.78, 5) is 26.1. The van der Waals surface area contributed by atoms with Crippen LogP contribution in [0.1, 0.15) is 41.0 Å². The molecule has 1 N–H and O–H groups in total. The van der Waals surface area contributed by atoms with Gasteiger partial charge in [-0.1, -0.05) is 6.92 Å². The second kappa shape index (κ2) is 7.14. The third kappa shape index (κ3) is 4.63. The first kappa shape index (κ1) is 15.7. The zero-order valence-electron chi connectivity index (χ0n) is 11.4. The lowest BCUT2D eigenvalue weighted by Gasteiger charge is -2.34. The molecular formula is C12H24N2O3. The highest BCUT2D eigenvalue weighted by atomic mass is 16.4. The van der Waals surface area contributed by atoms with Crippen LogP contribution in [0.3, 0.4) is 0 Å². The fraction of sp³-hybridized carbons (Fsp3) is 0.833. The van der Waals surface area contributed by atoms with E-state index < -0.39 is 5.97 Å². The molecule has 0 aromatic heterocycles. The predicted molar refractivity (Wildman–Crippen MR) is 67.0 cm³/mol. The van der Waals surface area contributed by atoms with E-state index in [1.807, 2.05) is 34.6 Å². The normalized spacial score (nSPS) is 12.4. The van der Waals surface area contributed by atoms with Crippen LogP contribution in [-0.2, 0) is 4.79 Å². The molecule has 0 aliphatic carbocycles. The number of carboxylic acids is 1. The Morgan fingerprint density at radius 3 is 1.94 bits per heavy atom. The number of amides is 2. The maximum atomic E-state index is 12.2. The van der Waals surface area contributed by atoms with Crippen molar-refractivity contribution in [3.05, 3.63) is 0 Å². The average Bonchev–Trinajstić information content (AvgIpc) is 2.25. The molecule has 5 nitrogen and oxygen atoms in total. The molecule has 1 unspecified atom stereocenters. The van der Waals surface area contributed by atoms with Gasteiger partial charge in [-0.25, -0.2) is 4.79 Å². The first-order valence-electron chi connectivity index (χ1n) is 6.14. The zero-order valence-corrected chi connectivity index (χ0v) is 11.4. The Kier molecular flexibility index (Phi) is 6.61. The molecule has 2 amide bonds. The van der Waals surface area contributed by atoms with Gasteiger partial charge in [0, 0.05) is 18.6 Å². The summed E-state index contributed by atoms with van der Waals surface area (Å²) in [5.74, 6) is -0.979. The third-order valence-electron chi connectivity index (χ3n) is 2.88. The lowest BCUT2D eigenvalue weighted by Crippen LogP contribution is -2.51. The van der Waals surface area contributed by atoms with E-state index in [0.717, 1.165) is 6.42 Å². The molecule has 17 heavy (non-hydrogen) atoms. The molecule has 100 valence electrons. The quantitative estimate of drug-likeness (QED) is 0.777. The Labute approximate surface area is 103 Å². The van der Waals surface area contributed by atoms with E-state index in [1.165, 1.54) is 4.90 Å². The van der Waals surface area contributed by atoms with Crippen molar-refractivity contribution in [2.24, 2.45) is 0 Å². The van der Waals surface area contributed by atoms with Crippen LogP contribution < -0.4 is 0 Å². The molecule has 0 aromatic carbocycles. The predicted octanol–water partition coefficient (Wildman–Crippen LogP) is 2.02. The summed E-state index contributed by atoms with van der Waals surface area (Å²) in [5.41, 5.74) is 0. The molecule has 0 radical (unpaired) electrons. The number of hydrogen-bond donors (Lipinski definition) is 1. The maximum absolute atomic E-state index is 12.2. The lowest BCUT2D eigenvalue weighted by molar-refractivity contribution is -0.138. The Morgan fingerprint density at radius 2 is 1.65 bits per heavy atom. The lowest BCUT2D eigenvalue weighted by atomic mass is 10.2. The van der Waals surface area contributed by atoms with Gasteiger partial charge in [-0.3, -0.25) is 4.79 Å². The van der Waals surface area contributed by atoms with Gasteiger partial charge in [-0.15, -0.1) is 0 Å². The first-order valence-corrected chi connectivity index (χ1v) is 6.14. The van der Waals surface area contributed by atoms with Gasteiger partial charge in [-0.05, 0) is 34.1 Å². The minimum absolute atomic E-state index is 0.114. The number of hydrogen-bond acceptors (Lipinski definition) is 2. The molecule has 0 saturated carbocycles. The summed E-state index contributed by atoms with van der Waals surface area (Å²) in [6.45, 7) is 9.89. The molecule has 0 bridgehead atoms. The molecule has 0 saturated heterocycles. The van der Waals surface area contributed by atoms with E-state index in [2.05, 4.69) is 0 Å². The van der Waals surface area contributed by atoms with Gasteiger partial charge in [0.15, 0.2) is 0 Å². The number of carbonyl (C=O) groups is 2. The number of carbonyl (C=O) groups excluding carboxylic acids is 1. The minimum atomic E-state index is -0.979. The monoisotopic (exact) mass is 244 g/mol. The molecule has 5 heteroatoms. The van der Waals surface area contributed by atoms with Crippen LogP contribution in [0.4, 0.5) is 4.79 Å². The van der Waals surface area contributed by atoms with Crippen molar-refractivity contribution in [2.45, 2.75) is 53.1 Å². The summed E-state index contributed by atoms with van der Waals surface area (Å²) >= 11 is 0. The van der Waals surface area contributed by atoms with Crippen molar-refractivity contribution in [3.63, 3.8) is 0 Å². The molecular weight excluding hydrogens is 220 g/mol. The van der Waals surface area contributed by atoms with E-state index in [1.54, 1.807) is 4.90 Å². The Balaban J connectivity index is 4.85. The van der Waals surface area contributed by atoms with Gasteiger partial charge < -0.3 is 14.9 Å². The van der Waals surface area contributed by atoms with E-state index in [9.17, 15) is 9.59 Å². The van der Waals surface area contributed by atoms with Crippen molar-refractivity contribution in [1.29, 1.82) is 0 Å². The summed E-state index contributed by atoms with van der Waals surface area (Å²) in [6.07, 6.45) is 0.860. The summed E-state index contributed by atoms with van der Waals surface area (Å²) < 4.78 is 0. The zero-order chi connectivity index (χ0) is 13.6. The molecule has 0 rings (SSSR count). The van der Waals surface area contributed by atoms with E-state index >= 15 is 0 Å². The average molecular weight is 244 g/mol. The van der Waals surface area contributed by atoms with Crippen LogP contribution in [0.5, 0.6) is 0 Å². The third-order valence-corrected chi connectivity index (χ3v) is 2.88. The SMILES string of the molecule is CCC(C)N(CC)C(=O)N(CC(=O)O)C(C)C. The van der Waals surface area contributed by atoms with Crippen molar-refractivity contribution in [3.8, 4) is 0 Å². The van der Waals surface area contributed by atoms with Gasteiger partial charge in [0.05, 0.1) is 0 Å². The Bertz CT molecular complexity index is 266. The topological polar surface area (TPSA) is 60.9 Å². The Hall–Kier alpha value is -1.26. The van der Waals surface area contributed by atoms with Crippen LogP contribution in [0, 0.1) is 0 Å². The number of urea groups is 1. The van der Waals surface area contributed by atoms with E-state index in [-0.39, 0.29) is 24.7 Å². The number of nitrogens with zero attached hydrogens (tertiary/aromatic N) is 2. The summed E-state index contributed by atoms with van der Waals surface area (Å²) in [6, 6.07) is -0.182. The highest BCUT2D eigenvalue weighted by Gasteiger charge is 2.26. The van der Waals surface area contributed by atoms with Crippen LogP contribution in [0.2, 0.25) is 0 Å². The first-order chi connectivity index (χ1) is 7.84. The molecule has 0 spiro atoms. The largest absolute Gasteiger partial charge is 0.480 e. The number of aliphatic carboxylic acids is 1. The van der Waals surface area contributed by atoms with E-state index in [0.29, 0.717) is 6.54 Å². The molecule has 0 aromatic rings. The maximum Gasteiger partial charge on any atom is 0.323 e. The Morgan fingerprint density at radius 1 is 1.12 bits per heavy atom.